The van der Waals surface area contributed by atoms with Crippen LogP contribution in [0.15, 0.2) is 24.3 Å². The molecule has 0 atom stereocenters. The number of fused-ring (bicyclic) bond motifs is 1. The van der Waals surface area contributed by atoms with Gasteiger partial charge in [0.25, 0.3) is 0 Å². The van der Waals surface area contributed by atoms with Crippen LogP contribution in [0.2, 0.25) is 0 Å². The van der Waals surface area contributed by atoms with E-state index in [4.69, 9.17) is 0 Å². The summed E-state index contributed by atoms with van der Waals surface area (Å²) in [5, 5.41) is -0.521. The van der Waals surface area contributed by atoms with E-state index in [2.05, 4.69) is 0 Å². The van der Waals surface area contributed by atoms with Gasteiger partial charge >= 0.3 is 0 Å². The molecule has 0 aliphatic heterocycles. The quantitative estimate of drug-likeness (QED) is 0.572. The molecule has 4 heteroatoms. The van der Waals surface area contributed by atoms with E-state index in [0.717, 1.165) is 18.2 Å². The van der Waals surface area contributed by atoms with E-state index in [1.165, 1.54) is 0 Å². The lowest BCUT2D eigenvalue weighted by Gasteiger charge is -2.01. The molecule has 14 heavy (non-hydrogen) atoms. The first kappa shape index (κ1) is 8.99. The van der Waals surface area contributed by atoms with Crippen LogP contribution in [0.25, 0.3) is 10.8 Å². The molecule has 0 amide bonds. The normalized spacial score (nSPS) is 10.9. The van der Waals surface area contributed by atoms with Gasteiger partial charge in [0.2, 0.25) is 0 Å². The van der Waals surface area contributed by atoms with Crippen molar-refractivity contribution in [2.45, 2.75) is 0 Å². The molecule has 0 aromatic heterocycles. The first-order valence-corrected chi connectivity index (χ1v) is 3.82. The van der Waals surface area contributed by atoms with Gasteiger partial charge in [-0.25, -0.2) is 17.6 Å². The van der Waals surface area contributed by atoms with Gasteiger partial charge in [-0.3, -0.25) is 0 Å². The van der Waals surface area contributed by atoms with Gasteiger partial charge in [0, 0.05) is 16.8 Å². The van der Waals surface area contributed by atoms with Gasteiger partial charge in [0.1, 0.15) is 11.6 Å². The monoisotopic (exact) mass is 200 g/mol. The number of benzene rings is 2. The largest absolute Gasteiger partial charge is 0.207 e. The molecule has 2 rings (SSSR count). The van der Waals surface area contributed by atoms with Crippen LogP contribution in [-0.4, -0.2) is 0 Å². The highest BCUT2D eigenvalue weighted by Crippen LogP contribution is 2.23. The van der Waals surface area contributed by atoms with Gasteiger partial charge in [-0.2, -0.15) is 0 Å². The molecule has 0 saturated heterocycles. The predicted molar refractivity (Wildman–Crippen MR) is 43.8 cm³/mol. The van der Waals surface area contributed by atoms with Crippen molar-refractivity contribution in [1.82, 2.24) is 0 Å². The molecule has 2 aromatic carbocycles. The van der Waals surface area contributed by atoms with Crippen molar-refractivity contribution in [3.63, 3.8) is 0 Å². The molecule has 0 unspecified atom stereocenters. The lowest BCUT2D eigenvalue weighted by atomic mass is 10.1. The lowest BCUT2D eigenvalue weighted by molar-refractivity contribution is 0.515. The van der Waals surface area contributed by atoms with Gasteiger partial charge in [-0.05, 0) is 18.2 Å². The predicted octanol–water partition coefficient (Wildman–Crippen LogP) is 3.40. The second-order valence-corrected chi connectivity index (χ2v) is 2.84. The van der Waals surface area contributed by atoms with Crippen molar-refractivity contribution in [3.05, 3.63) is 47.5 Å². The van der Waals surface area contributed by atoms with Crippen molar-refractivity contribution in [2.24, 2.45) is 0 Å². The van der Waals surface area contributed by atoms with E-state index in [-0.39, 0.29) is 10.8 Å². The molecule has 0 spiro atoms. The molecule has 72 valence electrons. The Labute approximate surface area is 76.8 Å². The van der Waals surface area contributed by atoms with Crippen LogP contribution in [0.3, 0.4) is 0 Å². The third-order valence-corrected chi connectivity index (χ3v) is 1.94. The fraction of sp³-hybridized carbons (Fsp3) is 0. The Hall–Kier alpha value is -1.58. The summed E-state index contributed by atoms with van der Waals surface area (Å²) in [7, 11) is 0. The highest BCUT2D eigenvalue weighted by Gasteiger charge is 2.11. The average molecular weight is 200 g/mol. The summed E-state index contributed by atoms with van der Waals surface area (Å²) in [6.45, 7) is 0. The molecule has 0 aliphatic carbocycles. The molecular formula is C10H4F4. The molecule has 0 bridgehead atoms. The van der Waals surface area contributed by atoms with Crippen LogP contribution < -0.4 is 0 Å². The molecule has 0 fully saturated rings. The topological polar surface area (TPSA) is 0 Å². The Morgan fingerprint density at radius 3 is 2.14 bits per heavy atom. The zero-order valence-corrected chi connectivity index (χ0v) is 6.82. The van der Waals surface area contributed by atoms with Crippen molar-refractivity contribution < 1.29 is 17.6 Å². The molecule has 0 saturated carbocycles. The third-order valence-electron chi connectivity index (χ3n) is 1.94. The fourth-order valence-electron chi connectivity index (χ4n) is 1.29. The van der Waals surface area contributed by atoms with Crippen LogP contribution in [0.1, 0.15) is 0 Å². The van der Waals surface area contributed by atoms with Crippen molar-refractivity contribution in [2.75, 3.05) is 0 Å². The Bertz CT molecular complexity index is 505. The molecular weight excluding hydrogens is 196 g/mol. The van der Waals surface area contributed by atoms with E-state index in [1.54, 1.807) is 0 Å². The van der Waals surface area contributed by atoms with Crippen molar-refractivity contribution in [1.29, 1.82) is 0 Å². The Kier molecular flexibility index (Phi) is 1.91. The number of hydrogen-bond acceptors (Lipinski definition) is 0. The summed E-state index contributed by atoms with van der Waals surface area (Å²) in [4.78, 5) is 0. The Balaban J connectivity index is 2.95. The Morgan fingerprint density at radius 2 is 1.43 bits per heavy atom. The average Bonchev–Trinajstić information content (AvgIpc) is 2.12. The SMILES string of the molecule is Fc1cc(F)c2ccc(F)c(F)c2c1. The van der Waals surface area contributed by atoms with E-state index >= 15 is 0 Å². The second kappa shape index (κ2) is 2.97. The minimum Gasteiger partial charge on any atom is -0.207 e. The van der Waals surface area contributed by atoms with E-state index in [0.29, 0.717) is 6.07 Å². The van der Waals surface area contributed by atoms with E-state index in [1.807, 2.05) is 0 Å². The number of halogens is 4. The summed E-state index contributed by atoms with van der Waals surface area (Å²) < 4.78 is 51.5. The van der Waals surface area contributed by atoms with Gasteiger partial charge in [0.05, 0.1) is 0 Å². The van der Waals surface area contributed by atoms with Crippen LogP contribution >= 0.6 is 0 Å². The first-order valence-electron chi connectivity index (χ1n) is 3.82. The number of hydrogen-bond donors (Lipinski definition) is 0. The maximum atomic E-state index is 13.0. The van der Waals surface area contributed by atoms with Gasteiger partial charge < -0.3 is 0 Å². The molecule has 0 nitrogen and oxygen atoms in total. The van der Waals surface area contributed by atoms with Crippen molar-refractivity contribution in [3.8, 4) is 0 Å². The molecule has 0 N–H and O–H groups in total. The van der Waals surface area contributed by atoms with Crippen LogP contribution in [0.4, 0.5) is 17.6 Å². The summed E-state index contributed by atoms with van der Waals surface area (Å²) in [6.07, 6.45) is 0. The lowest BCUT2D eigenvalue weighted by Crippen LogP contribution is -1.90. The van der Waals surface area contributed by atoms with Crippen LogP contribution in [0, 0.1) is 23.3 Å². The standard InChI is InChI=1S/C10H4F4/c11-5-3-7-6(9(13)4-5)1-2-8(12)10(7)14/h1-4H. The van der Waals surface area contributed by atoms with Gasteiger partial charge in [0.15, 0.2) is 11.6 Å². The third kappa shape index (κ3) is 1.23. The van der Waals surface area contributed by atoms with E-state index < -0.39 is 23.3 Å². The second-order valence-electron chi connectivity index (χ2n) is 2.84. The maximum absolute atomic E-state index is 13.0. The van der Waals surface area contributed by atoms with Gasteiger partial charge in [-0.1, -0.05) is 0 Å². The fourth-order valence-corrected chi connectivity index (χ4v) is 1.29. The summed E-state index contributed by atoms with van der Waals surface area (Å²) in [6, 6.07) is 3.26. The maximum Gasteiger partial charge on any atom is 0.166 e. The molecule has 0 heterocycles. The molecule has 0 aliphatic rings. The minimum absolute atomic E-state index is 0.134. The molecule has 0 radical (unpaired) electrons. The summed E-state index contributed by atoms with van der Waals surface area (Å²) in [5.74, 6) is -4.19. The number of rotatable bonds is 0. The highest BCUT2D eigenvalue weighted by atomic mass is 19.2. The van der Waals surface area contributed by atoms with Crippen LogP contribution in [-0.2, 0) is 0 Å². The Morgan fingerprint density at radius 1 is 0.714 bits per heavy atom. The molecule has 2 aromatic rings. The van der Waals surface area contributed by atoms with Crippen LogP contribution in [0.5, 0.6) is 0 Å². The minimum atomic E-state index is -1.24. The van der Waals surface area contributed by atoms with Gasteiger partial charge in [-0.15, -0.1) is 0 Å². The highest BCUT2D eigenvalue weighted by molar-refractivity contribution is 5.83. The zero-order chi connectivity index (χ0) is 10.3. The smallest absolute Gasteiger partial charge is 0.166 e. The van der Waals surface area contributed by atoms with Crippen molar-refractivity contribution >= 4 is 10.8 Å². The summed E-state index contributed by atoms with van der Waals surface area (Å²) >= 11 is 0. The first-order chi connectivity index (χ1) is 6.59. The summed E-state index contributed by atoms with van der Waals surface area (Å²) in [5.41, 5.74) is 0. The zero-order valence-electron chi connectivity index (χ0n) is 6.82. The van der Waals surface area contributed by atoms with E-state index in [9.17, 15) is 17.6 Å².